The molecule has 0 atom stereocenters. The lowest BCUT2D eigenvalue weighted by Crippen LogP contribution is -2.33. The van der Waals surface area contributed by atoms with Gasteiger partial charge in [-0.3, -0.25) is 0 Å². The maximum Gasteiger partial charge on any atom is 0.129 e. The number of nitrogens with zero attached hydrogens (tertiary/aromatic N) is 2. The van der Waals surface area contributed by atoms with E-state index in [9.17, 15) is 0 Å². The summed E-state index contributed by atoms with van der Waals surface area (Å²) in [6.07, 6.45) is 3.95. The third-order valence-electron chi connectivity index (χ3n) is 3.99. The van der Waals surface area contributed by atoms with Crippen molar-refractivity contribution in [3.63, 3.8) is 0 Å². The van der Waals surface area contributed by atoms with Crippen LogP contribution < -0.4 is 10.2 Å². The summed E-state index contributed by atoms with van der Waals surface area (Å²) in [5.41, 5.74) is 2.48. The second kappa shape index (κ2) is 7.07. The van der Waals surface area contributed by atoms with Crippen LogP contribution in [0.4, 0.5) is 5.82 Å². The Hall–Kier alpha value is -1.09. The van der Waals surface area contributed by atoms with E-state index in [1.165, 1.54) is 24.8 Å². The van der Waals surface area contributed by atoms with Crippen LogP contribution in [0.25, 0.3) is 0 Å². The first-order valence-corrected chi connectivity index (χ1v) is 8.05. The summed E-state index contributed by atoms with van der Waals surface area (Å²) in [6.45, 7) is 12.0. The van der Waals surface area contributed by atoms with Crippen LogP contribution in [0.15, 0.2) is 12.1 Å². The van der Waals surface area contributed by atoms with Gasteiger partial charge in [0, 0.05) is 24.8 Å². The van der Waals surface area contributed by atoms with E-state index in [4.69, 9.17) is 4.98 Å². The van der Waals surface area contributed by atoms with Crippen LogP contribution in [0.5, 0.6) is 0 Å². The van der Waals surface area contributed by atoms with Crippen molar-refractivity contribution in [2.75, 3.05) is 18.0 Å². The Morgan fingerprint density at radius 3 is 2.65 bits per heavy atom. The molecular formula is C17H29N3. The van der Waals surface area contributed by atoms with E-state index in [-0.39, 0.29) is 0 Å². The van der Waals surface area contributed by atoms with Crippen molar-refractivity contribution in [3.05, 3.63) is 23.4 Å². The summed E-state index contributed by atoms with van der Waals surface area (Å²) < 4.78 is 0. The third kappa shape index (κ3) is 4.20. The molecule has 112 valence electrons. The van der Waals surface area contributed by atoms with Crippen molar-refractivity contribution in [2.45, 2.75) is 59.5 Å². The number of pyridine rings is 1. The summed E-state index contributed by atoms with van der Waals surface area (Å²) in [5, 5.41) is 3.45. The fourth-order valence-electron chi connectivity index (χ4n) is 2.47. The minimum atomic E-state index is 0.520. The predicted molar refractivity (Wildman–Crippen MR) is 86.2 cm³/mol. The molecule has 1 saturated carbocycles. The summed E-state index contributed by atoms with van der Waals surface area (Å²) in [6, 6.07) is 4.95. The molecule has 0 aromatic carbocycles. The van der Waals surface area contributed by atoms with Gasteiger partial charge < -0.3 is 10.2 Å². The quantitative estimate of drug-likeness (QED) is 0.736. The van der Waals surface area contributed by atoms with Gasteiger partial charge in [0.2, 0.25) is 0 Å². The third-order valence-corrected chi connectivity index (χ3v) is 3.99. The lowest BCUT2D eigenvalue weighted by Gasteiger charge is -2.28. The zero-order chi connectivity index (χ0) is 14.5. The van der Waals surface area contributed by atoms with E-state index in [1.807, 2.05) is 0 Å². The molecule has 1 aromatic rings. The van der Waals surface area contributed by atoms with Gasteiger partial charge in [0.25, 0.3) is 0 Å². The highest BCUT2D eigenvalue weighted by atomic mass is 15.2. The van der Waals surface area contributed by atoms with Gasteiger partial charge in [0.15, 0.2) is 0 Å². The molecule has 3 heteroatoms. The number of hydrogen-bond donors (Lipinski definition) is 1. The van der Waals surface area contributed by atoms with Gasteiger partial charge in [-0.25, -0.2) is 4.98 Å². The molecule has 20 heavy (non-hydrogen) atoms. The summed E-state index contributed by atoms with van der Waals surface area (Å²) in [4.78, 5) is 7.29. The topological polar surface area (TPSA) is 28.2 Å². The number of aryl methyl sites for hydroxylation is 1. The Balaban J connectivity index is 2.05. The van der Waals surface area contributed by atoms with Crippen LogP contribution in [0, 0.1) is 12.8 Å². The van der Waals surface area contributed by atoms with Crippen LogP contribution in [0.1, 0.15) is 51.3 Å². The molecule has 0 radical (unpaired) electrons. The highest BCUT2D eigenvalue weighted by Gasteiger charge is 2.26. The molecule has 1 aromatic heterocycles. The molecule has 0 amide bonds. The van der Waals surface area contributed by atoms with E-state index >= 15 is 0 Å². The molecule has 0 bridgehead atoms. The van der Waals surface area contributed by atoms with Gasteiger partial charge in [0.1, 0.15) is 5.82 Å². The second-order valence-electron chi connectivity index (χ2n) is 6.28. The van der Waals surface area contributed by atoms with Crippen molar-refractivity contribution in [1.29, 1.82) is 0 Å². The first-order valence-electron chi connectivity index (χ1n) is 8.05. The first kappa shape index (κ1) is 15.3. The Morgan fingerprint density at radius 1 is 1.35 bits per heavy atom. The molecule has 0 saturated heterocycles. The van der Waals surface area contributed by atoms with Crippen LogP contribution >= 0.6 is 0 Å². The lowest BCUT2D eigenvalue weighted by atomic mass is 10.2. The molecule has 0 aliphatic heterocycles. The van der Waals surface area contributed by atoms with E-state index < -0.39 is 0 Å². The first-order chi connectivity index (χ1) is 9.61. The smallest absolute Gasteiger partial charge is 0.129 e. The molecular weight excluding hydrogens is 246 g/mol. The monoisotopic (exact) mass is 275 g/mol. The summed E-state index contributed by atoms with van der Waals surface area (Å²) >= 11 is 0. The van der Waals surface area contributed by atoms with E-state index in [1.54, 1.807) is 0 Å². The van der Waals surface area contributed by atoms with Gasteiger partial charge in [0.05, 0.1) is 0 Å². The molecule has 1 aliphatic carbocycles. The Morgan fingerprint density at radius 2 is 2.10 bits per heavy atom. The fraction of sp³-hybridized carbons (Fsp3) is 0.706. The largest absolute Gasteiger partial charge is 0.354 e. The number of nitrogens with one attached hydrogen (secondary N) is 1. The lowest BCUT2D eigenvalue weighted by molar-refractivity contribution is 0.633. The van der Waals surface area contributed by atoms with Crippen LogP contribution in [0.2, 0.25) is 0 Å². The molecule has 0 unspecified atom stereocenters. The minimum absolute atomic E-state index is 0.520. The number of rotatable bonds is 8. The average Bonchev–Trinajstić information content (AvgIpc) is 3.22. The average molecular weight is 275 g/mol. The highest BCUT2D eigenvalue weighted by molar-refractivity contribution is 5.42. The fourth-order valence-corrected chi connectivity index (χ4v) is 2.47. The molecule has 1 heterocycles. The molecule has 2 rings (SSSR count). The highest BCUT2D eigenvalue weighted by Crippen LogP contribution is 2.32. The number of anilines is 1. The molecule has 1 N–H and O–H groups in total. The van der Waals surface area contributed by atoms with Crippen LogP contribution in [-0.4, -0.2) is 24.1 Å². The van der Waals surface area contributed by atoms with E-state index in [2.05, 4.69) is 50.0 Å². The zero-order valence-electron chi connectivity index (χ0n) is 13.4. The van der Waals surface area contributed by atoms with Crippen molar-refractivity contribution < 1.29 is 0 Å². The minimum Gasteiger partial charge on any atom is -0.354 e. The van der Waals surface area contributed by atoms with Crippen LogP contribution in [0.3, 0.4) is 0 Å². The van der Waals surface area contributed by atoms with Crippen LogP contribution in [-0.2, 0) is 6.54 Å². The Kier molecular flexibility index (Phi) is 5.41. The normalized spacial score (nSPS) is 14.8. The zero-order valence-corrected chi connectivity index (χ0v) is 13.4. The van der Waals surface area contributed by atoms with Gasteiger partial charge in [-0.15, -0.1) is 0 Å². The van der Waals surface area contributed by atoms with Crippen molar-refractivity contribution in [2.24, 2.45) is 5.92 Å². The van der Waals surface area contributed by atoms with Gasteiger partial charge >= 0.3 is 0 Å². The number of aromatic nitrogens is 1. The maximum atomic E-state index is 4.84. The van der Waals surface area contributed by atoms with Gasteiger partial charge in [-0.05, 0) is 64.1 Å². The van der Waals surface area contributed by atoms with Crippen molar-refractivity contribution in [1.82, 2.24) is 10.3 Å². The second-order valence-corrected chi connectivity index (χ2v) is 6.28. The van der Waals surface area contributed by atoms with Gasteiger partial charge in [-0.1, -0.05) is 13.0 Å². The van der Waals surface area contributed by atoms with Crippen molar-refractivity contribution in [3.8, 4) is 0 Å². The standard InChI is InChI=1S/C17H29N3/c1-5-10-18-11-16-8-9-17(19-14(16)4)20(13(2)3)12-15-6-7-15/h8-9,13,15,18H,5-7,10-12H2,1-4H3. The van der Waals surface area contributed by atoms with E-state index in [0.717, 1.165) is 37.1 Å². The number of hydrogen-bond acceptors (Lipinski definition) is 3. The molecule has 1 aliphatic rings. The summed E-state index contributed by atoms with van der Waals surface area (Å²) in [5.74, 6) is 2.04. The van der Waals surface area contributed by atoms with Gasteiger partial charge in [-0.2, -0.15) is 0 Å². The summed E-state index contributed by atoms with van der Waals surface area (Å²) in [7, 11) is 0. The maximum absolute atomic E-state index is 4.84. The Bertz CT molecular complexity index is 424. The SMILES string of the molecule is CCCNCc1ccc(N(CC2CC2)C(C)C)nc1C. The Labute approximate surface area is 123 Å². The molecule has 1 fully saturated rings. The van der Waals surface area contributed by atoms with E-state index in [0.29, 0.717) is 6.04 Å². The predicted octanol–water partition coefficient (Wildman–Crippen LogP) is 3.51. The molecule has 0 spiro atoms. The van der Waals surface area contributed by atoms with Crippen molar-refractivity contribution >= 4 is 5.82 Å². The molecule has 3 nitrogen and oxygen atoms in total.